The molecular weight excluding hydrogens is 222 g/mol. The number of carboxylic acid groups (broad SMARTS) is 1. The van der Waals surface area contributed by atoms with Crippen LogP contribution in [0, 0.1) is 0 Å². The minimum Gasteiger partial charge on any atom is -0.477 e. The Morgan fingerprint density at radius 3 is 2.76 bits per heavy atom. The molecule has 0 unspecified atom stereocenters. The third-order valence-corrected chi connectivity index (χ3v) is 2.05. The van der Waals surface area contributed by atoms with Gasteiger partial charge in [-0.1, -0.05) is 0 Å². The highest BCUT2D eigenvalue weighted by Gasteiger charge is 2.07. The van der Waals surface area contributed by atoms with E-state index in [1.54, 1.807) is 6.07 Å². The predicted molar refractivity (Wildman–Crippen MR) is 63.0 cm³/mol. The lowest BCUT2D eigenvalue weighted by atomic mass is 10.3. The van der Waals surface area contributed by atoms with Gasteiger partial charge in [0.1, 0.15) is 5.69 Å². The SMILES string of the molecule is CN(C)CCC(=O)Nc1ccnc(C(=O)O)c1. The molecular formula is C11H15N3O3. The van der Waals surface area contributed by atoms with Crippen LogP contribution in [0.1, 0.15) is 16.9 Å². The van der Waals surface area contributed by atoms with Crippen LogP contribution >= 0.6 is 0 Å². The first-order valence-electron chi connectivity index (χ1n) is 5.13. The lowest BCUT2D eigenvalue weighted by molar-refractivity contribution is -0.116. The predicted octanol–water partition coefficient (Wildman–Crippen LogP) is 0.670. The molecule has 0 aromatic carbocycles. The van der Waals surface area contributed by atoms with Crippen LogP contribution in [0.3, 0.4) is 0 Å². The number of carbonyl (C=O) groups is 2. The Balaban J connectivity index is 2.59. The number of aromatic nitrogens is 1. The molecule has 0 bridgehead atoms. The molecule has 1 aromatic heterocycles. The number of carbonyl (C=O) groups excluding carboxylic acids is 1. The average Bonchev–Trinajstić information content (AvgIpc) is 2.26. The largest absolute Gasteiger partial charge is 0.477 e. The highest BCUT2D eigenvalue weighted by molar-refractivity contribution is 5.92. The van der Waals surface area contributed by atoms with E-state index in [2.05, 4.69) is 10.3 Å². The Kier molecular flexibility index (Phi) is 4.59. The van der Waals surface area contributed by atoms with E-state index >= 15 is 0 Å². The highest BCUT2D eigenvalue weighted by Crippen LogP contribution is 2.08. The van der Waals surface area contributed by atoms with Crippen molar-refractivity contribution in [3.05, 3.63) is 24.0 Å². The molecule has 1 amide bonds. The van der Waals surface area contributed by atoms with Crippen LogP contribution in [0.4, 0.5) is 5.69 Å². The van der Waals surface area contributed by atoms with Crippen molar-refractivity contribution < 1.29 is 14.7 Å². The molecule has 0 saturated heterocycles. The number of nitrogens with zero attached hydrogens (tertiary/aromatic N) is 2. The molecule has 17 heavy (non-hydrogen) atoms. The number of anilines is 1. The molecule has 0 atom stereocenters. The lowest BCUT2D eigenvalue weighted by Crippen LogP contribution is -2.21. The first-order chi connectivity index (χ1) is 7.99. The fraction of sp³-hybridized carbons (Fsp3) is 0.364. The molecule has 6 nitrogen and oxygen atoms in total. The first kappa shape index (κ1) is 13.1. The maximum Gasteiger partial charge on any atom is 0.354 e. The second-order valence-electron chi connectivity index (χ2n) is 3.84. The summed E-state index contributed by atoms with van der Waals surface area (Å²) in [6.45, 7) is 0.642. The van der Waals surface area contributed by atoms with Gasteiger partial charge < -0.3 is 15.3 Å². The standard InChI is InChI=1S/C11H15N3O3/c1-14(2)6-4-10(15)13-8-3-5-12-9(7-8)11(16)17/h3,5,7H,4,6H2,1-2H3,(H,16,17)(H,12,13,15). The van der Waals surface area contributed by atoms with Gasteiger partial charge in [0.15, 0.2) is 0 Å². The van der Waals surface area contributed by atoms with Crippen LogP contribution in [0.25, 0.3) is 0 Å². The Hall–Kier alpha value is -1.95. The molecule has 0 spiro atoms. The van der Waals surface area contributed by atoms with Gasteiger partial charge in [0.05, 0.1) is 0 Å². The number of amides is 1. The number of nitrogens with one attached hydrogen (secondary N) is 1. The summed E-state index contributed by atoms with van der Waals surface area (Å²) < 4.78 is 0. The molecule has 1 aromatic rings. The summed E-state index contributed by atoms with van der Waals surface area (Å²) in [6.07, 6.45) is 1.71. The van der Waals surface area contributed by atoms with E-state index in [4.69, 9.17) is 5.11 Å². The second-order valence-corrected chi connectivity index (χ2v) is 3.84. The van der Waals surface area contributed by atoms with Crippen LogP contribution < -0.4 is 5.32 Å². The summed E-state index contributed by atoms with van der Waals surface area (Å²) in [5.41, 5.74) is 0.358. The lowest BCUT2D eigenvalue weighted by Gasteiger charge is -2.09. The summed E-state index contributed by atoms with van der Waals surface area (Å²) in [6, 6.07) is 2.88. The van der Waals surface area contributed by atoms with Gasteiger partial charge in [0.25, 0.3) is 0 Å². The van der Waals surface area contributed by atoms with E-state index in [-0.39, 0.29) is 11.6 Å². The zero-order valence-electron chi connectivity index (χ0n) is 9.80. The number of hydrogen-bond donors (Lipinski definition) is 2. The van der Waals surface area contributed by atoms with E-state index < -0.39 is 5.97 Å². The smallest absolute Gasteiger partial charge is 0.354 e. The summed E-state index contributed by atoms with van der Waals surface area (Å²) in [5, 5.41) is 11.4. The average molecular weight is 237 g/mol. The zero-order valence-corrected chi connectivity index (χ0v) is 9.80. The molecule has 0 aliphatic heterocycles. The van der Waals surface area contributed by atoms with Crippen LogP contribution in [0.5, 0.6) is 0 Å². The molecule has 0 fully saturated rings. The van der Waals surface area contributed by atoms with E-state index in [1.165, 1.54) is 12.3 Å². The number of carboxylic acids is 1. The quantitative estimate of drug-likeness (QED) is 0.786. The zero-order chi connectivity index (χ0) is 12.8. The molecule has 2 N–H and O–H groups in total. The fourth-order valence-electron chi connectivity index (χ4n) is 1.17. The van der Waals surface area contributed by atoms with Crippen LogP contribution in [0.2, 0.25) is 0 Å². The van der Waals surface area contributed by atoms with Crippen molar-refractivity contribution in [2.24, 2.45) is 0 Å². The van der Waals surface area contributed by atoms with Crippen molar-refractivity contribution in [1.82, 2.24) is 9.88 Å². The number of pyridine rings is 1. The molecule has 0 aliphatic rings. The summed E-state index contributed by atoms with van der Waals surface area (Å²) in [5.74, 6) is -1.27. The minimum absolute atomic E-state index is 0.0876. The molecule has 0 aliphatic carbocycles. The van der Waals surface area contributed by atoms with Crippen molar-refractivity contribution in [2.45, 2.75) is 6.42 Å². The van der Waals surface area contributed by atoms with Gasteiger partial charge in [0.2, 0.25) is 5.91 Å². The third kappa shape index (κ3) is 4.60. The van der Waals surface area contributed by atoms with Crippen molar-refractivity contribution >= 4 is 17.6 Å². The van der Waals surface area contributed by atoms with Crippen molar-refractivity contribution in [3.63, 3.8) is 0 Å². The van der Waals surface area contributed by atoms with Gasteiger partial charge >= 0.3 is 5.97 Å². The molecule has 1 heterocycles. The number of aromatic carboxylic acids is 1. The topological polar surface area (TPSA) is 82.5 Å². The summed E-state index contributed by atoms with van der Waals surface area (Å²) >= 11 is 0. The van der Waals surface area contributed by atoms with Crippen LogP contribution in [-0.4, -0.2) is 47.5 Å². The Labute approximate surface area is 99.3 Å². The Morgan fingerprint density at radius 2 is 2.18 bits per heavy atom. The first-order valence-corrected chi connectivity index (χ1v) is 5.13. The van der Waals surface area contributed by atoms with Gasteiger partial charge in [-0.15, -0.1) is 0 Å². The normalized spacial score (nSPS) is 10.3. The highest BCUT2D eigenvalue weighted by atomic mass is 16.4. The minimum atomic E-state index is -1.12. The van der Waals surface area contributed by atoms with E-state index in [0.717, 1.165) is 0 Å². The fourth-order valence-corrected chi connectivity index (χ4v) is 1.17. The van der Waals surface area contributed by atoms with Gasteiger partial charge in [0, 0.05) is 24.8 Å². The summed E-state index contributed by atoms with van der Waals surface area (Å²) in [7, 11) is 3.75. The van der Waals surface area contributed by atoms with E-state index in [0.29, 0.717) is 18.7 Å². The molecule has 92 valence electrons. The van der Waals surface area contributed by atoms with Gasteiger partial charge in [-0.2, -0.15) is 0 Å². The Morgan fingerprint density at radius 1 is 1.47 bits per heavy atom. The monoisotopic (exact) mass is 237 g/mol. The third-order valence-electron chi connectivity index (χ3n) is 2.05. The van der Waals surface area contributed by atoms with Gasteiger partial charge in [-0.25, -0.2) is 9.78 Å². The van der Waals surface area contributed by atoms with Crippen molar-refractivity contribution in [2.75, 3.05) is 26.0 Å². The van der Waals surface area contributed by atoms with Crippen molar-refractivity contribution in [1.29, 1.82) is 0 Å². The maximum absolute atomic E-state index is 11.5. The molecule has 0 radical (unpaired) electrons. The van der Waals surface area contributed by atoms with Crippen LogP contribution in [0.15, 0.2) is 18.3 Å². The van der Waals surface area contributed by atoms with E-state index in [1.807, 2.05) is 19.0 Å². The maximum atomic E-state index is 11.5. The number of hydrogen-bond acceptors (Lipinski definition) is 4. The number of rotatable bonds is 5. The van der Waals surface area contributed by atoms with Gasteiger partial charge in [-0.05, 0) is 26.2 Å². The Bertz CT molecular complexity index is 418. The second kappa shape index (κ2) is 5.95. The van der Waals surface area contributed by atoms with Gasteiger partial charge in [-0.3, -0.25) is 4.79 Å². The molecule has 6 heteroatoms. The van der Waals surface area contributed by atoms with E-state index in [9.17, 15) is 9.59 Å². The van der Waals surface area contributed by atoms with Crippen LogP contribution in [-0.2, 0) is 4.79 Å². The summed E-state index contributed by atoms with van der Waals surface area (Å²) in [4.78, 5) is 27.7. The van der Waals surface area contributed by atoms with Crippen molar-refractivity contribution in [3.8, 4) is 0 Å². The molecule has 1 rings (SSSR count). The molecule has 0 saturated carbocycles.